The van der Waals surface area contributed by atoms with Crippen LogP contribution in [0.5, 0.6) is 0 Å². The Hall–Kier alpha value is -2.68. The minimum absolute atomic E-state index is 0.00967. The molecule has 9 heteroatoms. The van der Waals surface area contributed by atoms with Crippen LogP contribution in [-0.2, 0) is 29.1 Å². The van der Waals surface area contributed by atoms with Crippen LogP contribution in [0.4, 0.5) is 0 Å². The Morgan fingerprint density at radius 3 is 2.27 bits per heavy atom. The number of hydrogen-bond donors (Lipinski definition) is 0. The predicted molar refractivity (Wildman–Crippen MR) is 124 cm³/mol. The van der Waals surface area contributed by atoms with Crippen molar-refractivity contribution in [2.24, 2.45) is 0 Å². The van der Waals surface area contributed by atoms with E-state index >= 15 is 0 Å². The van der Waals surface area contributed by atoms with Crippen molar-refractivity contribution in [2.75, 3.05) is 13.2 Å². The molecule has 0 fully saturated rings. The standard InChI is InChI=1S/C24H26ClNO6S/c1-4-31-23(27)19-14-15-21(18-8-6-7-9-20(18)25)26(22(19)24(28)32-5-2)33(29,30)17-12-10-16(3)11-13-17/h6-14,21-22H,4-5,15H2,1-3H3/t21-,22+/m0/s1. The highest BCUT2D eigenvalue weighted by Crippen LogP contribution is 2.41. The van der Waals surface area contributed by atoms with E-state index in [1.54, 1.807) is 50.2 Å². The van der Waals surface area contributed by atoms with Gasteiger partial charge in [-0.25, -0.2) is 18.0 Å². The molecule has 1 aliphatic rings. The monoisotopic (exact) mass is 491 g/mol. The van der Waals surface area contributed by atoms with E-state index in [9.17, 15) is 18.0 Å². The Morgan fingerprint density at radius 2 is 1.67 bits per heavy atom. The van der Waals surface area contributed by atoms with Crippen LogP contribution in [0.25, 0.3) is 0 Å². The summed E-state index contributed by atoms with van der Waals surface area (Å²) in [7, 11) is -4.26. The Morgan fingerprint density at radius 1 is 1.03 bits per heavy atom. The molecule has 33 heavy (non-hydrogen) atoms. The molecule has 0 amide bonds. The number of ether oxygens (including phenoxy) is 2. The van der Waals surface area contributed by atoms with Crippen molar-refractivity contribution in [3.8, 4) is 0 Å². The van der Waals surface area contributed by atoms with Crippen LogP contribution in [0, 0.1) is 6.92 Å². The second-order valence-corrected chi connectivity index (χ2v) is 9.71. The first kappa shape index (κ1) is 25.0. The maximum Gasteiger partial charge on any atom is 0.335 e. The fourth-order valence-electron chi connectivity index (χ4n) is 3.78. The van der Waals surface area contributed by atoms with E-state index in [2.05, 4.69) is 0 Å². The SMILES string of the molecule is CCOC(=O)C1=CC[C@@H](c2ccccc2Cl)N(S(=O)(=O)c2ccc(C)cc2)[C@H]1C(=O)OCC. The molecule has 1 aliphatic heterocycles. The number of rotatable bonds is 7. The molecular formula is C24H26ClNO6S. The van der Waals surface area contributed by atoms with E-state index in [0.717, 1.165) is 9.87 Å². The molecule has 0 unspecified atom stereocenters. The molecule has 0 bridgehead atoms. The lowest BCUT2D eigenvalue weighted by Crippen LogP contribution is -2.52. The van der Waals surface area contributed by atoms with Gasteiger partial charge in [-0.15, -0.1) is 0 Å². The molecule has 0 aliphatic carbocycles. The Kier molecular flexibility index (Phi) is 7.94. The third kappa shape index (κ3) is 5.13. The van der Waals surface area contributed by atoms with E-state index in [1.807, 2.05) is 6.92 Å². The quantitative estimate of drug-likeness (QED) is 0.539. The van der Waals surface area contributed by atoms with Crippen LogP contribution in [-0.4, -0.2) is 43.9 Å². The van der Waals surface area contributed by atoms with Gasteiger partial charge in [-0.05, 0) is 51.0 Å². The molecule has 0 radical (unpaired) electrons. The molecule has 2 aromatic rings. The van der Waals surface area contributed by atoms with Gasteiger partial charge in [-0.1, -0.05) is 53.6 Å². The zero-order chi connectivity index (χ0) is 24.2. The summed E-state index contributed by atoms with van der Waals surface area (Å²) in [6.07, 6.45) is 1.66. The molecule has 0 saturated heterocycles. The third-order valence-corrected chi connectivity index (χ3v) is 7.53. The smallest absolute Gasteiger partial charge is 0.335 e. The van der Waals surface area contributed by atoms with Gasteiger partial charge >= 0.3 is 11.9 Å². The van der Waals surface area contributed by atoms with E-state index < -0.39 is 34.0 Å². The highest BCUT2D eigenvalue weighted by Gasteiger charge is 2.48. The zero-order valence-electron chi connectivity index (χ0n) is 18.7. The Bertz CT molecular complexity index is 1160. The number of carbonyl (C=O) groups excluding carboxylic acids is 2. The predicted octanol–water partition coefficient (Wildman–Crippen LogP) is 4.21. The number of nitrogens with zero attached hydrogens (tertiary/aromatic N) is 1. The average Bonchev–Trinajstić information content (AvgIpc) is 2.79. The van der Waals surface area contributed by atoms with Crippen LogP contribution < -0.4 is 0 Å². The Labute approximate surface area is 199 Å². The van der Waals surface area contributed by atoms with Gasteiger partial charge in [0.25, 0.3) is 0 Å². The fourth-order valence-corrected chi connectivity index (χ4v) is 5.78. The molecule has 0 aromatic heterocycles. The van der Waals surface area contributed by atoms with Crippen LogP contribution >= 0.6 is 11.6 Å². The van der Waals surface area contributed by atoms with E-state index in [1.165, 1.54) is 18.2 Å². The van der Waals surface area contributed by atoms with Crippen molar-refractivity contribution >= 4 is 33.6 Å². The molecule has 2 aromatic carbocycles. The molecular weight excluding hydrogens is 466 g/mol. The normalized spacial score (nSPS) is 19.0. The first-order valence-corrected chi connectivity index (χ1v) is 12.4. The Balaban J connectivity index is 2.26. The van der Waals surface area contributed by atoms with Crippen molar-refractivity contribution in [2.45, 2.75) is 44.2 Å². The van der Waals surface area contributed by atoms with Gasteiger partial charge in [-0.3, -0.25) is 0 Å². The summed E-state index contributed by atoms with van der Waals surface area (Å²) >= 11 is 6.43. The summed E-state index contributed by atoms with van der Waals surface area (Å²) in [4.78, 5) is 25.8. The van der Waals surface area contributed by atoms with Crippen LogP contribution in [0.2, 0.25) is 5.02 Å². The minimum Gasteiger partial charge on any atom is -0.465 e. The third-order valence-electron chi connectivity index (χ3n) is 5.30. The van der Waals surface area contributed by atoms with Gasteiger partial charge in [0, 0.05) is 5.02 Å². The number of hydrogen-bond acceptors (Lipinski definition) is 6. The highest BCUT2D eigenvalue weighted by molar-refractivity contribution is 7.89. The van der Waals surface area contributed by atoms with E-state index in [0.29, 0.717) is 10.6 Å². The second-order valence-electron chi connectivity index (χ2n) is 7.46. The lowest BCUT2D eigenvalue weighted by Gasteiger charge is -2.39. The van der Waals surface area contributed by atoms with Gasteiger partial charge in [0.1, 0.15) is 0 Å². The van der Waals surface area contributed by atoms with E-state index in [4.69, 9.17) is 21.1 Å². The lowest BCUT2D eigenvalue weighted by atomic mass is 9.93. The molecule has 0 spiro atoms. The minimum atomic E-state index is -4.26. The first-order chi connectivity index (χ1) is 15.7. The number of carbonyl (C=O) groups is 2. The van der Waals surface area contributed by atoms with Crippen molar-refractivity contribution in [1.82, 2.24) is 4.31 Å². The fraction of sp³-hybridized carbons (Fsp3) is 0.333. The molecule has 0 N–H and O–H groups in total. The topological polar surface area (TPSA) is 90.0 Å². The number of benzene rings is 2. The highest BCUT2D eigenvalue weighted by atomic mass is 35.5. The largest absolute Gasteiger partial charge is 0.465 e. The second kappa shape index (κ2) is 10.5. The van der Waals surface area contributed by atoms with Gasteiger partial charge in [0.05, 0.1) is 29.7 Å². The number of halogens is 1. The number of sulfonamides is 1. The first-order valence-electron chi connectivity index (χ1n) is 10.6. The summed E-state index contributed by atoms with van der Waals surface area (Å²) in [5.74, 6) is -1.62. The van der Waals surface area contributed by atoms with Crippen molar-refractivity contribution < 1.29 is 27.5 Å². The summed E-state index contributed by atoms with van der Waals surface area (Å²) in [6.45, 7) is 5.17. The molecule has 1 heterocycles. The maximum atomic E-state index is 13.9. The molecule has 3 rings (SSSR count). The summed E-state index contributed by atoms with van der Waals surface area (Å²) in [5.41, 5.74) is 1.32. The van der Waals surface area contributed by atoms with Crippen molar-refractivity contribution in [1.29, 1.82) is 0 Å². The van der Waals surface area contributed by atoms with Crippen LogP contribution in [0.1, 0.15) is 37.4 Å². The van der Waals surface area contributed by atoms with Gasteiger partial charge in [0.15, 0.2) is 6.04 Å². The van der Waals surface area contributed by atoms with Gasteiger partial charge < -0.3 is 9.47 Å². The zero-order valence-corrected chi connectivity index (χ0v) is 20.2. The van der Waals surface area contributed by atoms with Crippen molar-refractivity contribution in [3.63, 3.8) is 0 Å². The summed E-state index contributed by atoms with van der Waals surface area (Å²) < 4.78 is 39.2. The number of aryl methyl sites for hydroxylation is 1. The van der Waals surface area contributed by atoms with Gasteiger partial charge in [0.2, 0.25) is 10.0 Å². The van der Waals surface area contributed by atoms with Crippen LogP contribution in [0.15, 0.2) is 65.1 Å². The van der Waals surface area contributed by atoms with Crippen LogP contribution in [0.3, 0.4) is 0 Å². The summed E-state index contributed by atoms with van der Waals surface area (Å²) in [6, 6.07) is 10.7. The summed E-state index contributed by atoms with van der Waals surface area (Å²) in [5, 5.41) is 0.349. The lowest BCUT2D eigenvalue weighted by molar-refractivity contribution is -0.150. The molecule has 2 atom stereocenters. The molecule has 7 nitrogen and oxygen atoms in total. The average molecular weight is 492 g/mol. The van der Waals surface area contributed by atoms with E-state index in [-0.39, 0.29) is 30.1 Å². The maximum absolute atomic E-state index is 13.9. The molecule has 0 saturated carbocycles. The number of esters is 2. The van der Waals surface area contributed by atoms with Crippen molar-refractivity contribution in [3.05, 3.63) is 76.3 Å². The molecule has 176 valence electrons. The van der Waals surface area contributed by atoms with Gasteiger partial charge in [-0.2, -0.15) is 4.31 Å².